The van der Waals surface area contributed by atoms with Gasteiger partial charge in [-0.15, -0.1) is 0 Å². The summed E-state index contributed by atoms with van der Waals surface area (Å²) in [5.41, 5.74) is 2.44. The molecule has 7 nitrogen and oxygen atoms in total. The highest BCUT2D eigenvalue weighted by Gasteiger charge is 2.36. The Bertz CT molecular complexity index is 1160. The van der Waals surface area contributed by atoms with Gasteiger partial charge >= 0.3 is 0 Å². The molecule has 0 radical (unpaired) electrons. The standard InChI is InChI=1S/C22H22N6O/c1-22(17-13-24-27(2)14-17)15-28(10-11-29-22)21-18-7-3-4-8-19(18)25-20(26-21)16-6-5-9-23-12-16/h3-9,12-14H,10-11,15H2,1-2H3. The Labute approximate surface area is 169 Å². The van der Waals surface area contributed by atoms with Gasteiger partial charge in [0.05, 0.1) is 24.9 Å². The lowest BCUT2D eigenvalue weighted by Gasteiger charge is -2.41. The maximum atomic E-state index is 6.20. The van der Waals surface area contributed by atoms with E-state index in [9.17, 15) is 0 Å². The minimum atomic E-state index is -0.451. The number of rotatable bonds is 3. The summed E-state index contributed by atoms with van der Waals surface area (Å²) in [4.78, 5) is 16.3. The van der Waals surface area contributed by atoms with Gasteiger partial charge in [-0.25, -0.2) is 9.97 Å². The highest BCUT2D eigenvalue weighted by Crippen LogP contribution is 2.34. The van der Waals surface area contributed by atoms with Gasteiger partial charge in [0.2, 0.25) is 0 Å². The number of anilines is 1. The molecule has 0 bridgehead atoms. The van der Waals surface area contributed by atoms with Crippen LogP contribution in [0.5, 0.6) is 0 Å². The average molecular weight is 386 g/mol. The summed E-state index contributed by atoms with van der Waals surface area (Å²) in [5.74, 6) is 1.61. The van der Waals surface area contributed by atoms with E-state index in [2.05, 4.69) is 28.0 Å². The number of hydrogen-bond acceptors (Lipinski definition) is 6. The van der Waals surface area contributed by atoms with Crippen molar-refractivity contribution in [3.8, 4) is 11.4 Å². The molecule has 0 amide bonds. The van der Waals surface area contributed by atoms with Gasteiger partial charge in [0.25, 0.3) is 0 Å². The van der Waals surface area contributed by atoms with Crippen LogP contribution in [0.3, 0.4) is 0 Å². The highest BCUT2D eigenvalue weighted by atomic mass is 16.5. The van der Waals surface area contributed by atoms with Crippen molar-refractivity contribution < 1.29 is 4.74 Å². The summed E-state index contributed by atoms with van der Waals surface area (Å²) in [6.07, 6.45) is 7.45. The molecule has 1 fully saturated rings. The van der Waals surface area contributed by atoms with Crippen LogP contribution in [0.25, 0.3) is 22.3 Å². The van der Waals surface area contributed by atoms with Gasteiger partial charge in [-0.05, 0) is 31.2 Å². The summed E-state index contributed by atoms with van der Waals surface area (Å²) in [7, 11) is 1.92. The molecule has 5 rings (SSSR count). The highest BCUT2D eigenvalue weighted by molar-refractivity contribution is 5.91. The number of nitrogens with zero attached hydrogens (tertiary/aromatic N) is 6. The van der Waals surface area contributed by atoms with Crippen LogP contribution in [0, 0.1) is 0 Å². The van der Waals surface area contributed by atoms with Crippen molar-refractivity contribution in [2.75, 3.05) is 24.6 Å². The molecule has 4 aromatic rings. The number of pyridine rings is 1. The molecule has 0 aliphatic carbocycles. The Balaban J connectivity index is 1.60. The third kappa shape index (κ3) is 3.23. The van der Waals surface area contributed by atoms with E-state index in [4.69, 9.17) is 14.7 Å². The molecule has 7 heteroatoms. The first-order valence-corrected chi connectivity index (χ1v) is 9.68. The van der Waals surface area contributed by atoms with Crippen LogP contribution in [-0.4, -0.2) is 44.4 Å². The van der Waals surface area contributed by atoms with E-state index in [1.165, 1.54) is 0 Å². The number of hydrogen-bond donors (Lipinski definition) is 0. The monoisotopic (exact) mass is 386 g/mol. The van der Waals surface area contributed by atoms with Gasteiger partial charge in [0.1, 0.15) is 11.4 Å². The molecule has 29 heavy (non-hydrogen) atoms. The lowest BCUT2D eigenvalue weighted by molar-refractivity contribution is -0.0467. The van der Waals surface area contributed by atoms with Crippen LogP contribution < -0.4 is 4.90 Å². The topological polar surface area (TPSA) is 69.0 Å². The van der Waals surface area contributed by atoms with E-state index in [0.29, 0.717) is 19.0 Å². The summed E-state index contributed by atoms with van der Waals surface area (Å²) in [6, 6.07) is 12.0. The van der Waals surface area contributed by atoms with Crippen LogP contribution >= 0.6 is 0 Å². The Morgan fingerprint density at radius 1 is 1.07 bits per heavy atom. The largest absolute Gasteiger partial charge is 0.367 e. The second-order valence-electron chi connectivity index (χ2n) is 7.53. The second kappa shape index (κ2) is 6.93. The van der Waals surface area contributed by atoms with Crippen LogP contribution in [0.2, 0.25) is 0 Å². The summed E-state index contributed by atoms with van der Waals surface area (Å²) in [5, 5.41) is 5.36. The fraction of sp³-hybridized carbons (Fsp3) is 0.273. The van der Waals surface area contributed by atoms with Crippen molar-refractivity contribution in [1.29, 1.82) is 0 Å². The molecule has 3 aromatic heterocycles. The predicted octanol–water partition coefficient (Wildman–Crippen LogP) is 3.18. The quantitative estimate of drug-likeness (QED) is 0.539. The van der Waals surface area contributed by atoms with Crippen molar-refractivity contribution in [1.82, 2.24) is 24.7 Å². The predicted molar refractivity (Wildman–Crippen MR) is 111 cm³/mol. The smallest absolute Gasteiger partial charge is 0.163 e. The number of aromatic nitrogens is 5. The first-order valence-electron chi connectivity index (χ1n) is 9.68. The number of fused-ring (bicyclic) bond motifs is 1. The van der Waals surface area contributed by atoms with Gasteiger partial charge in [0.15, 0.2) is 5.82 Å². The van der Waals surface area contributed by atoms with Gasteiger partial charge < -0.3 is 9.64 Å². The van der Waals surface area contributed by atoms with Gasteiger partial charge in [-0.3, -0.25) is 9.67 Å². The number of para-hydroxylation sites is 1. The van der Waals surface area contributed by atoms with Crippen LogP contribution in [0.15, 0.2) is 61.2 Å². The summed E-state index contributed by atoms with van der Waals surface area (Å²) >= 11 is 0. The number of aryl methyl sites for hydroxylation is 1. The van der Waals surface area contributed by atoms with E-state index < -0.39 is 5.60 Å². The molecule has 1 aliphatic heterocycles. The molecule has 1 aromatic carbocycles. The fourth-order valence-electron chi connectivity index (χ4n) is 3.84. The van der Waals surface area contributed by atoms with Gasteiger partial charge in [-0.1, -0.05) is 12.1 Å². The first-order chi connectivity index (χ1) is 14.1. The SMILES string of the molecule is Cn1cc(C2(C)CN(c3nc(-c4cccnc4)nc4ccccc34)CCO2)cn1. The molecule has 146 valence electrons. The van der Waals surface area contributed by atoms with Crippen molar-refractivity contribution in [2.24, 2.45) is 7.05 Å². The molecule has 4 heterocycles. The summed E-state index contributed by atoms with van der Waals surface area (Å²) in [6.45, 7) is 4.18. The minimum Gasteiger partial charge on any atom is -0.367 e. The van der Waals surface area contributed by atoms with E-state index in [0.717, 1.165) is 34.4 Å². The van der Waals surface area contributed by atoms with Crippen molar-refractivity contribution in [2.45, 2.75) is 12.5 Å². The second-order valence-corrected chi connectivity index (χ2v) is 7.53. The Morgan fingerprint density at radius 2 is 1.97 bits per heavy atom. The third-order valence-corrected chi connectivity index (χ3v) is 5.39. The molecule has 1 unspecified atom stereocenters. The van der Waals surface area contributed by atoms with Crippen LogP contribution in [0.1, 0.15) is 12.5 Å². The van der Waals surface area contributed by atoms with Crippen LogP contribution in [-0.2, 0) is 17.4 Å². The molecule has 1 saturated heterocycles. The molecule has 0 N–H and O–H groups in total. The zero-order valence-corrected chi connectivity index (χ0v) is 16.5. The molecule has 1 aliphatic rings. The van der Waals surface area contributed by atoms with Crippen molar-refractivity contribution >= 4 is 16.7 Å². The Hall–Kier alpha value is -3.32. The van der Waals surface area contributed by atoms with E-state index in [1.54, 1.807) is 12.4 Å². The zero-order valence-electron chi connectivity index (χ0n) is 16.5. The lowest BCUT2D eigenvalue weighted by atomic mass is 9.96. The minimum absolute atomic E-state index is 0.451. The number of morpholine rings is 1. The molecular formula is C22H22N6O. The Kier molecular flexibility index (Phi) is 4.24. The molecular weight excluding hydrogens is 364 g/mol. The van der Waals surface area contributed by atoms with Crippen LogP contribution in [0.4, 0.5) is 5.82 Å². The summed E-state index contributed by atoms with van der Waals surface area (Å²) < 4.78 is 8.00. The van der Waals surface area contributed by atoms with E-state index >= 15 is 0 Å². The van der Waals surface area contributed by atoms with E-state index in [-0.39, 0.29) is 0 Å². The van der Waals surface area contributed by atoms with Gasteiger partial charge in [-0.2, -0.15) is 5.10 Å². The average Bonchev–Trinajstić information content (AvgIpc) is 3.21. The van der Waals surface area contributed by atoms with Crippen molar-refractivity contribution in [3.05, 3.63) is 66.7 Å². The first kappa shape index (κ1) is 17.8. The number of ether oxygens (including phenoxy) is 1. The normalized spacial score (nSPS) is 19.6. The zero-order chi connectivity index (χ0) is 19.8. The maximum absolute atomic E-state index is 6.20. The molecule has 0 spiro atoms. The number of benzene rings is 1. The maximum Gasteiger partial charge on any atom is 0.163 e. The van der Waals surface area contributed by atoms with Crippen molar-refractivity contribution in [3.63, 3.8) is 0 Å². The fourth-order valence-corrected chi connectivity index (χ4v) is 3.84. The Morgan fingerprint density at radius 3 is 2.76 bits per heavy atom. The lowest BCUT2D eigenvalue weighted by Crippen LogP contribution is -2.48. The van der Waals surface area contributed by atoms with E-state index in [1.807, 2.05) is 54.5 Å². The molecule has 1 atom stereocenters. The van der Waals surface area contributed by atoms with Gasteiger partial charge in [0, 0.05) is 48.7 Å². The molecule has 0 saturated carbocycles. The third-order valence-electron chi connectivity index (χ3n) is 5.39.